The summed E-state index contributed by atoms with van der Waals surface area (Å²) >= 11 is 0. The van der Waals surface area contributed by atoms with E-state index >= 15 is 0 Å². The molecule has 0 bridgehead atoms. The van der Waals surface area contributed by atoms with Crippen LogP contribution in [0, 0.1) is 5.92 Å². The van der Waals surface area contributed by atoms with E-state index in [9.17, 15) is 9.59 Å². The highest BCUT2D eigenvalue weighted by atomic mass is 16.5. The van der Waals surface area contributed by atoms with Crippen LogP contribution in [0.5, 0.6) is 0 Å². The Balaban J connectivity index is 2.70. The van der Waals surface area contributed by atoms with Crippen LogP contribution in [0.2, 0.25) is 0 Å². The van der Waals surface area contributed by atoms with Crippen LogP contribution in [-0.2, 0) is 4.74 Å². The molecule has 0 N–H and O–H groups in total. The van der Waals surface area contributed by atoms with Gasteiger partial charge in [-0.25, -0.2) is 4.79 Å². The summed E-state index contributed by atoms with van der Waals surface area (Å²) in [5, 5.41) is 0. The Kier molecular flexibility index (Phi) is 15.6. The molecular weight excluding hydrogens is 398 g/mol. The van der Waals surface area contributed by atoms with Crippen LogP contribution in [0.15, 0.2) is 24.3 Å². The molecule has 0 atom stereocenters. The van der Waals surface area contributed by atoms with E-state index < -0.39 is 0 Å². The lowest BCUT2D eigenvalue weighted by atomic mass is 10.1. The number of unbranched alkanes of at least 4 members (excludes halogenated alkanes) is 8. The number of benzene rings is 1. The second-order valence-corrected chi connectivity index (χ2v) is 9.37. The van der Waals surface area contributed by atoms with E-state index in [-0.39, 0.29) is 11.9 Å². The molecule has 1 aromatic carbocycles. The van der Waals surface area contributed by atoms with Crippen molar-refractivity contribution in [2.45, 2.75) is 105 Å². The summed E-state index contributed by atoms with van der Waals surface area (Å²) in [5.74, 6) is 0.295. The lowest BCUT2D eigenvalue weighted by Crippen LogP contribution is -2.33. The minimum atomic E-state index is -0.339. The molecule has 4 nitrogen and oxygen atoms in total. The Morgan fingerprint density at radius 3 is 1.94 bits per heavy atom. The maximum absolute atomic E-state index is 13.3. The maximum Gasteiger partial charge on any atom is 0.338 e. The van der Waals surface area contributed by atoms with Crippen LogP contribution >= 0.6 is 0 Å². The van der Waals surface area contributed by atoms with E-state index in [1.54, 1.807) is 18.2 Å². The summed E-state index contributed by atoms with van der Waals surface area (Å²) < 4.78 is 5.41. The molecule has 0 fully saturated rings. The van der Waals surface area contributed by atoms with Crippen LogP contribution in [0.1, 0.15) is 125 Å². The predicted octanol–water partition coefficient (Wildman–Crippen LogP) is 7.66. The normalized spacial score (nSPS) is 11.0. The fourth-order valence-corrected chi connectivity index (χ4v) is 3.83. The van der Waals surface area contributed by atoms with Crippen molar-refractivity contribution in [2.75, 3.05) is 19.7 Å². The van der Waals surface area contributed by atoms with E-state index in [0.717, 1.165) is 51.6 Å². The van der Waals surface area contributed by atoms with Crippen LogP contribution in [-0.4, -0.2) is 36.5 Å². The van der Waals surface area contributed by atoms with Crippen LogP contribution in [0.3, 0.4) is 0 Å². The average Bonchev–Trinajstić information content (AvgIpc) is 2.79. The van der Waals surface area contributed by atoms with E-state index in [4.69, 9.17) is 4.74 Å². The van der Waals surface area contributed by atoms with E-state index in [0.29, 0.717) is 23.7 Å². The zero-order valence-electron chi connectivity index (χ0n) is 21.2. The monoisotopic (exact) mass is 445 g/mol. The number of nitrogens with zero attached hydrogens (tertiary/aromatic N) is 1. The van der Waals surface area contributed by atoms with Crippen molar-refractivity contribution in [1.82, 2.24) is 4.90 Å². The first-order valence-corrected chi connectivity index (χ1v) is 13.1. The molecule has 0 aliphatic heterocycles. The number of rotatable bonds is 18. The highest BCUT2D eigenvalue weighted by Crippen LogP contribution is 2.14. The van der Waals surface area contributed by atoms with Crippen molar-refractivity contribution in [1.29, 1.82) is 0 Å². The van der Waals surface area contributed by atoms with Crippen LogP contribution < -0.4 is 0 Å². The zero-order valence-corrected chi connectivity index (χ0v) is 21.2. The molecule has 32 heavy (non-hydrogen) atoms. The van der Waals surface area contributed by atoms with Crippen LogP contribution in [0.4, 0.5) is 0 Å². The molecule has 0 aliphatic rings. The molecule has 1 rings (SSSR count). The molecule has 1 amide bonds. The molecule has 1 aromatic rings. The molecule has 0 aliphatic carbocycles. The molecule has 182 valence electrons. The molecule has 0 radical (unpaired) electrons. The number of esters is 1. The van der Waals surface area contributed by atoms with Gasteiger partial charge in [0, 0.05) is 18.7 Å². The third-order valence-electron chi connectivity index (χ3n) is 5.85. The summed E-state index contributed by atoms with van der Waals surface area (Å²) in [6, 6.07) is 7.05. The van der Waals surface area contributed by atoms with Gasteiger partial charge in [-0.05, 0) is 49.8 Å². The van der Waals surface area contributed by atoms with Gasteiger partial charge in [-0.3, -0.25) is 4.79 Å². The van der Waals surface area contributed by atoms with Crippen molar-refractivity contribution in [2.24, 2.45) is 5.92 Å². The lowest BCUT2D eigenvalue weighted by Gasteiger charge is -2.23. The van der Waals surface area contributed by atoms with Gasteiger partial charge in [0.15, 0.2) is 0 Å². The molecule has 0 heterocycles. The van der Waals surface area contributed by atoms with Gasteiger partial charge in [0.05, 0.1) is 12.2 Å². The number of carbonyl (C=O) groups is 2. The molecular formula is C28H47NO3. The Hall–Kier alpha value is -1.84. The maximum atomic E-state index is 13.3. The van der Waals surface area contributed by atoms with Crippen molar-refractivity contribution >= 4 is 11.9 Å². The highest BCUT2D eigenvalue weighted by molar-refractivity contribution is 5.97. The minimum Gasteiger partial charge on any atom is -0.462 e. The van der Waals surface area contributed by atoms with Gasteiger partial charge in [-0.1, -0.05) is 85.1 Å². The number of hydrogen-bond acceptors (Lipinski definition) is 3. The smallest absolute Gasteiger partial charge is 0.338 e. The van der Waals surface area contributed by atoms with Crippen molar-refractivity contribution < 1.29 is 14.3 Å². The Labute approximate surface area is 197 Å². The van der Waals surface area contributed by atoms with E-state index in [2.05, 4.69) is 27.7 Å². The summed E-state index contributed by atoms with van der Waals surface area (Å²) in [6.07, 6.45) is 13.7. The molecule has 0 spiro atoms. The topological polar surface area (TPSA) is 46.6 Å². The summed E-state index contributed by atoms with van der Waals surface area (Å²) in [4.78, 5) is 27.7. The van der Waals surface area contributed by atoms with Gasteiger partial charge in [-0.2, -0.15) is 0 Å². The van der Waals surface area contributed by atoms with E-state index in [1.807, 2.05) is 11.0 Å². The Bertz CT molecular complexity index is 627. The van der Waals surface area contributed by atoms with Gasteiger partial charge in [0.2, 0.25) is 0 Å². The molecule has 0 saturated carbocycles. The average molecular weight is 446 g/mol. The Morgan fingerprint density at radius 2 is 1.38 bits per heavy atom. The molecule has 4 heteroatoms. The third kappa shape index (κ3) is 12.3. The van der Waals surface area contributed by atoms with Crippen molar-refractivity contribution in [3.05, 3.63) is 35.4 Å². The second-order valence-electron chi connectivity index (χ2n) is 9.37. The summed E-state index contributed by atoms with van der Waals surface area (Å²) in [5.41, 5.74) is 1.05. The summed E-state index contributed by atoms with van der Waals surface area (Å²) in [6.45, 7) is 10.8. The zero-order chi connectivity index (χ0) is 23.6. The van der Waals surface area contributed by atoms with Gasteiger partial charge in [-0.15, -0.1) is 0 Å². The van der Waals surface area contributed by atoms with Crippen LogP contribution in [0.25, 0.3) is 0 Å². The number of carbonyl (C=O) groups excluding carboxylic acids is 2. The first kappa shape index (κ1) is 28.2. The standard InChI is InChI=1S/C28H47NO3/c1-5-7-9-11-13-20-29(21-14-12-10-8-6-2)27(30)25-18-15-19-26(23-25)28(31)32-22-16-17-24(3)4/h15,18-19,23-24H,5-14,16-17,20-22H2,1-4H3. The van der Waals surface area contributed by atoms with Crippen molar-refractivity contribution in [3.63, 3.8) is 0 Å². The first-order valence-electron chi connectivity index (χ1n) is 13.1. The highest BCUT2D eigenvalue weighted by Gasteiger charge is 2.17. The summed E-state index contributed by atoms with van der Waals surface area (Å²) in [7, 11) is 0. The van der Waals surface area contributed by atoms with Gasteiger partial charge >= 0.3 is 5.97 Å². The molecule has 0 saturated heterocycles. The molecule has 0 unspecified atom stereocenters. The van der Waals surface area contributed by atoms with Crippen molar-refractivity contribution in [3.8, 4) is 0 Å². The minimum absolute atomic E-state index is 0.0328. The SMILES string of the molecule is CCCCCCCN(CCCCCCC)C(=O)c1cccc(C(=O)OCCCC(C)C)c1. The van der Waals surface area contributed by atoms with E-state index in [1.165, 1.54) is 38.5 Å². The van der Waals surface area contributed by atoms with Gasteiger partial charge < -0.3 is 9.64 Å². The fraction of sp³-hybridized carbons (Fsp3) is 0.714. The quantitative estimate of drug-likeness (QED) is 0.172. The molecule has 0 aromatic heterocycles. The predicted molar refractivity (Wildman–Crippen MR) is 134 cm³/mol. The number of amides is 1. The Morgan fingerprint density at radius 1 is 0.812 bits per heavy atom. The van der Waals surface area contributed by atoms with Gasteiger partial charge in [0.25, 0.3) is 5.91 Å². The second kappa shape index (κ2) is 17.7. The number of ether oxygens (including phenoxy) is 1. The lowest BCUT2D eigenvalue weighted by molar-refractivity contribution is 0.0494. The first-order chi connectivity index (χ1) is 15.5. The third-order valence-corrected chi connectivity index (χ3v) is 5.85. The largest absolute Gasteiger partial charge is 0.462 e. The van der Waals surface area contributed by atoms with Gasteiger partial charge in [0.1, 0.15) is 0 Å². The fourth-order valence-electron chi connectivity index (χ4n) is 3.83. The number of hydrogen-bond donors (Lipinski definition) is 0.